The van der Waals surface area contributed by atoms with Gasteiger partial charge in [0.15, 0.2) is 11.5 Å². The number of benzene rings is 3. The summed E-state index contributed by atoms with van der Waals surface area (Å²) in [5, 5.41) is 0.938. The molecule has 0 aliphatic carbocycles. The maximum absolute atomic E-state index is 13.0. The van der Waals surface area contributed by atoms with Crippen molar-refractivity contribution >= 4 is 34.6 Å². The van der Waals surface area contributed by atoms with Gasteiger partial charge >= 0.3 is 5.97 Å². The first kappa shape index (κ1) is 26.8. The number of halogens is 1. The summed E-state index contributed by atoms with van der Waals surface area (Å²) in [6, 6.07) is 13.4. The highest BCUT2D eigenvalue weighted by atomic mass is 35.5. The Morgan fingerprint density at radius 1 is 0.895 bits per heavy atom. The molecule has 0 atom stereocenters. The molecule has 1 heterocycles. The van der Waals surface area contributed by atoms with Crippen LogP contribution in [-0.2, 0) is 4.79 Å². The van der Waals surface area contributed by atoms with E-state index in [0.717, 1.165) is 16.7 Å². The van der Waals surface area contributed by atoms with Gasteiger partial charge < -0.3 is 23.4 Å². The minimum absolute atomic E-state index is 0.0353. The van der Waals surface area contributed by atoms with E-state index in [0.29, 0.717) is 35.5 Å². The Morgan fingerprint density at radius 2 is 1.61 bits per heavy atom. The van der Waals surface area contributed by atoms with Gasteiger partial charge in [-0.2, -0.15) is 0 Å². The predicted octanol–water partition coefficient (Wildman–Crippen LogP) is 7.27. The zero-order valence-corrected chi connectivity index (χ0v) is 22.3. The molecular weight excluding hydrogens is 508 g/mol. The molecule has 196 valence electrons. The lowest BCUT2D eigenvalue weighted by atomic mass is 10.1. The third-order valence-corrected chi connectivity index (χ3v) is 6.15. The summed E-state index contributed by atoms with van der Waals surface area (Å²) < 4.78 is 28.0. The van der Waals surface area contributed by atoms with E-state index in [4.69, 9.17) is 35.0 Å². The monoisotopic (exact) mass is 534 g/mol. The first-order chi connectivity index (χ1) is 18.3. The second-order valence-corrected chi connectivity index (χ2v) is 8.76. The third kappa shape index (κ3) is 6.18. The quantitative estimate of drug-likeness (QED) is 0.127. The summed E-state index contributed by atoms with van der Waals surface area (Å²) in [6.07, 6.45) is 4.15. The molecule has 0 N–H and O–H groups in total. The summed E-state index contributed by atoms with van der Waals surface area (Å²) in [5.41, 5.74) is 2.33. The normalized spacial score (nSPS) is 11.1. The molecule has 0 spiro atoms. The van der Waals surface area contributed by atoms with Crippen LogP contribution in [0.4, 0.5) is 0 Å². The van der Waals surface area contributed by atoms with E-state index in [1.807, 2.05) is 33.8 Å². The average Bonchev–Trinajstić information content (AvgIpc) is 2.89. The van der Waals surface area contributed by atoms with Gasteiger partial charge in [-0.15, -0.1) is 0 Å². The third-order valence-electron chi connectivity index (χ3n) is 5.55. The molecule has 4 rings (SSSR count). The zero-order valence-electron chi connectivity index (χ0n) is 21.5. The van der Waals surface area contributed by atoms with Crippen LogP contribution < -0.4 is 24.4 Å². The fourth-order valence-corrected chi connectivity index (χ4v) is 3.91. The van der Waals surface area contributed by atoms with E-state index in [1.54, 1.807) is 30.3 Å². The molecule has 0 aliphatic rings. The van der Waals surface area contributed by atoms with Gasteiger partial charge in [0.2, 0.25) is 11.2 Å². The van der Waals surface area contributed by atoms with Crippen LogP contribution >= 0.6 is 11.6 Å². The Hall–Kier alpha value is -4.23. The molecule has 7 nitrogen and oxygen atoms in total. The van der Waals surface area contributed by atoms with Gasteiger partial charge in [0, 0.05) is 17.2 Å². The number of carbonyl (C=O) groups is 1. The van der Waals surface area contributed by atoms with Crippen LogP contribution in [0.5, 0.6) is 28.7 Å². The Morgan fingerprint density at radius 3 is 2.32 bits per heavy atom. The molecule has 38 heavy (non-hydrogen) atoms. The zero-order chi connectivity index (χ0) is 27.2. The molecule has 0 radical (unpaired) electrons. The van der Waals surface area contributed by atoms with E-state index in [2.05, 4.69) is 0 Å². The van der Waals surface area contributed by atoms with Crippen LogP contribution in [0.1, 0.15) is 30.5 Å². The van der Waals surface area contributed by atoms with E-state index >= 15 is 0 Å². The molecule has 0 amide bonds. The summed E-state index contributed by atoms with van der Waals surface area (Å²) in [7, 11) is 0. The molecule has 8 heteroatoms. The van der Waals surface area contributed by atoms with Crippen molar-refractivity contribution in [1.82, 2.24) is 0 Å². The van der Waals surface area contributed by atoms with Gasteiger partial charge in [-0.1, -0.05) is 17.7 Å². The molecule has 0 aliphatic heterocycles. The van der Waals surface area contributed by atoms with E-state index < -0.39 is 5.97 Å². The molecule has 0 saturated heterocycles. The van der Waals surface area contributed by atoms with E-state index in [9.17, 15) is 9.59 Å². The number of rotatable bonds is 9. The Kier molecular flexibility index (Phi) is 8.38. The first-order valence-electron chi connectivity index (χ1n) is 12.1. The minimum atomic E-state index is -0.591. The van der Waals surface area contributed by atoms with E-state index in [-0.39, 0.29) is 27.9 Å². The highest BCUT2D eigenvalue weighted by Gasteiger charge is 2.13. The van der Waals surface area contributed by atoms with Crippen molar-refractivity contribution in [2.45, 2.75) is 27.7 Å². The van der Waals surface area contributed by atoms with Gasteiger partial charge in [0.25, 0.3) is 0 Å². The number of hydrogen-bond donors (Lipinski definition) is 0. The van der Waals surface area contributed by atoms with Gasteiger partial charge in [0.05, 0.1) is 18.6 Å². The molecular formula is C30H27ClO7. The van der Waals surface area contributed by atoms with Crippen LogP contribution in [0.15, 0.2) is 70.1 Å². The van der Waals surface area contributed by atoms with Crippen molar-refractivity contribution in [3.8, 4) is 28.7 Å². The molecule has 4 aromatic rings. The summed E-state index contributed by atoms with van der Waals surface area (Å²) in [5.74, 6) is 1.39. The number of esters is 1. The highest BCUT2D eigenvalue weighted by Crippen LogP contribution is 2.30. The SMILES string of the molecule is CCOc1ccc(/C=C/C(=O)Oc2ccc3c(=O)c(Oc4cc(C)c(Cl)c(C)c4)coc3c2)cc1OCC. The van der Waals surface area contributed by atoms with Crippen LogP contribution in [0.3, 0.4) is 0 Å². The Balaban J connectivity index is 1.48. The topological polar surface area (TPSA) is 84.2 Å². The van der Waals surface area contributed by atoms with Crippen LogP contribution in [0.25, 0.3) is 17.0 Å². The minimum Gasteiger partial charge on any atom is -0.490 e. The Labute approximate surface area is 225 Å². The van der Waals surface area contributed by atoms with E-state index in [1.165, 1.54) is 30.5 Å². The molecule has 0 bridgehead atoms. The standard InChI is InChI=1S/C30H27ClO7/c1-5-34-24-11-7-20(15-26(24)35-6-2)8-12-28(32)38-21-9-10-23-25(16-21)36-17-27(30(23)33)37-22-13-18(3)29(31)19(4)14-22/h7-17H,5-6H2,1-4H3/b12-8+. The lowest BCUT2D eigenvalue weighted by Crippen LogP contribution is -2.07. The van der Waals surface area contributed by atoms with Crippen molar-refractivity contribution < 1.29 is 28.2 Å². The van der Waals surface area contributed by atoms with Crippen molar-refractivity contribution in [2.75, 3.05) is 13.2 Å². The molecule has 0 saturated carbocycles. The average molecular weight is 535 g/mol. The molecule has 1 aromatic heterocycles. The first-order valence-corrected chi connectivity index (χ1v) is 12.5. The van der Waals surface area contributed by atoms with Gasteiger partial charge in [-0.3, -0.25) is 4.79 Å². The largest absolute Gasteiger partial charge is 0.490 e. The van der Waals surface area contributed by atoms with Crippen molar-refractivity contribution in [1.29, 1.82) is 0 Å². The fraction of sp³-hybridized carbons (Fsp3) is 0.200. The maximum Gasteiger partial charge on any atom is 0.336 e. The number of carbonyl (C=O) groups excluding carboxylic acids is 1. The number of hydrogen-bond acceptors (Lipinski definition) is 7. The number of fused-ring (bicyclic) bond motifs is 1. The number of aryl methyl sites for hydroxylation is 2. The maximum atomic E-state index is 13.0. The molecule has 0 fully saturated rings. The number of ether oxygens (including phenoxy) is 4. The summed E-state index contributed by atoms with van der Waals surface area (Å²) in [6.45, 7) is 8.51. The van der Waals surface area contributed by atoms with Crippen molar-refractivity contribution in [2.24, 2.45) is 0 Å². The van der Waals surface area contributed by atoms with Gasteiger partial charge in [-0.25, -0.2) is 4.79 Å². The van der Waals surface area contributed by atoms with Crippen LogP contribution in [0.2, 0.25) is 5.02 Å². The predicted molar refractivity (Wildman–Crippen MR) is 147 cm³/mol. The highest BCUT2D eigenvalue weighted by molar-refractivity contribution is 6.32. The second-order valence-electron chi connectivity index (χ2n) is 8.39. The smallest absolute Gasteiger partial charge is 0.336 e. The fourth-order valence-electron chi connectivity index (χ4n) is 3.80. The summed E-state index contributed by atoms with van der Waals surface area (Å²) in [4.78, 5) is 25.4. The lowest BCUT2D eigenvalue weighted by Gasteiger charge is -2.11. The van der Waals surface area contributed by atoms with Crippen molar-refractivity contribution in [3.05, 3.63) is 92.8 Å². The lowest BCUT2D eigenvalue weighted by molar-refractivity contribution is -0.128. The molecule has 0 unspecified atom stereocenters. The second kappa shape index (κ2) is 11.9. The van der Waals surface area contributed by atoms with Gasteiger partial charge in [-0.05, 0) is 86.9 Å². The van der Waals surface area contributed by atoms with Crippen LogP contribution in [-0.4, -0.2) is 19.2 Å². The van der Waals surface area contributed by atoms with Crippen molar-refractivity contribution in [3.63, 3.8) is 0 Å². The van der Waals surface area contributed by atoms with Gasteiger partial charge in [0.1, 0.15) is 23.3 Å². The van der Waals surface area contributed by atoms with Crippen LogP contribution in [0, 0.1) is 13.8 Å². The summed E-state index contributed by atoms with van der Waals surface area (Å²) >= 11 is 6.21. The molecule has 3 aromatic carbocycles. The Bertz CT molecular complexity index is 1550.